The Morgan fingerprint density at radius 3 is 1.80 bits per heavy atom. The molecule has 2 aromatic carbocycles. The van der Waals surface area contributed by atoms with Crippen molar-refractivity contribution < 1.29 is 42.3 Å². The molecule has 0 radical (unpaired) electrons. The van der Waals surface area contributed by atoms with Gasteiger partial charge in [-0.1, -0.05) is 60.7 Å². The summed E-state index contributed by atoms with van der Waals surface area (Å²) in [6, 6.07) is 11.4. The van der Waals surface area contributed by atoms with Gasteiger partial charge in [0.25, 0.3) is 0 Å². The number of hydrogen-bond acceptors (Lipinski definition) is 8. The first-order chi connectivity index (χ1) is 23.6. The number of likely N-dealkylation sites (tertiary alicyclic amines) is 1. The highest BCUT2D eigenvalue weighted by Gasteiger charge is 2.42. The first kappa shape index (κ1) is 39.9. The van der Waals surface area contributed by atoms with Crippen LogP contribution in [-0.4, -0.2) is 95.1 Å². The van der Waals surface area contributed by atoms with Crippen LogP contribution in [0.1, 0.15) is 49.7 Å². The minimum atomic E-state index is -4.90. The molecule has 0 aliphatic carbocycles. The molecule has 0 spiro atoms. The Balaban J connectivity index is 1.80. The van der Waals surface area contributed by atoms with Crippen molar-refractivity contribution in [3.05, 3.63) is 71.8 Å². The van der Waals surface area contributed by atoms with E-state index in [9.17, 15) is 42.3 Å². The zero-order chi connectivity index (χ0) is 36.9. The van der Waals surface area contributed by atoms with Crippen molar-refractivity contribution in [3.63, 3.8) is 0 Å². The number of nitrogens with one attached hydrogen (secondary N) is 3. The quantitative estimate of drug-likeness (QED) is 0.115. The molecule has 3 rings (SSSR count). The molecular weight excluding hydrogens is 659 g/mol. The van der Waals surface area contributed by atoms with Gasteiger partial charge in [-0.15, -0.1) is 0 Å². The van der Waals surface area contributed by atoms with Crippen LogP contribution in [0.2, 0.25) is 0 Å². The van der Waals surface area contributed by atoms with Crippen LogP contribution in [0.3, 0.4) is 0 Å². The van der Waals surface area contributed by atoms with E-state index < -0.39 is 71.9 Å². The van der Waals surface area contributed by atoms with Crippen molar-refractivity contribution >= 4 is 29.6 Å². The Kier molecular flexibility index (Phi) is 14.7. The second kappa shape index (κ2) is 18.5. The zero-order valence-electron chi connectivity index (χ0n) is 27.7. The van der Waals surface area contributed by atoms with Gasteiger partial charge >= 0.3 is 12.1 Å². The highest BCUT2D eigenvalue weighted by Crippen LogP contribution is 2.24. The van der Waals surface area contributed by atoms with Gasteiger partial charge in [-0.25, -0.2) is 0 Å². The summed E-state index contributed by atoms with van der Waals surface area (Å²) < 4.78 is 41.4. The van der Waals surface area contributed by atoms with E-state index in [0.29, 0.717) is 18.4 Å². The fourth-order valence-electron chi connectivity index (χ4n) is 5.59. The lowest BCUT2D eigenvalue weighted by molar-refractivity contribution is -0.153. The smallest absolute Gasteiger partial charge is 0.391 e. The van der Waals surface area contributed by atoms with Crippen LogP contribution in [0.5, 0.6) is 0 Å². The molecule has 4 atom stereocenters. The van der Waals surface area contributed by atoms with Crippen LogP contribution < -0.4 is 33.2 Å². The number of carbonyl (C=O) groups is 5. The normalized spacial score (nSPS) is 16.7. The van der Waals surface area contributed by atoms with Crippen LogP contribution >= 0.6 is 0 Å². The Labute approximate surface area is 288 Å². The summed E-state index contributed by atoms with van der Waals surface area (Å²) in [5.74, 6) is -4.89. The van der Waals surface area contributed by atoms with Crippen molar-refractivity contribution in [1.29, 1.82) is 0 Å². The van der Waals surface area contributed by atoms with Gasteiger partial charge in [-0.2, -0.15) is 13.2 Å². The molecule has 1 heterocycles. The van der Waals surface area contributed by atoms with Gasteiger partial charge in [0.15, 0.2) is 0 Å². The van der Waals surface area contributed by atoms with E-state index in [2.05, 4.69) is 16.0 Å². The van der Waals surface area contributed by atoms with E-state index >= 15 is 0 Å². The second-order valence-corrected chi connectivity index (χ2v) is 12.6. The molecular formula is C34H46F3N7O6. The van der Waals surface area contributed by atoms with Crippen LogP contribution in [0.4, 0.5) is 13.2 Å². The fourth-order valence-corrected chi connectivity index (χ4v) is 5.59. The standard InChI is InChI=1S/C34H46F3N7O6/c35-34(36,37)21-27(30(47)41-25(13-7-8-16-38)31(48)44-17-14-33(40,15-18-44)32(49)50)43-29(46)26(20-23-11-5-2-6-12-23)42-28(45)24(39)19-22-9-3-1-4-10-22/h1-6,9-12,24-27H,7-8,13-21,38-40H2,(H,41,47)(H,42,45)(H,43,46)(H,49,50)/t24-,25-,26-,27?/m1/s1. The number of carboxylic acids is 1. The number of carboxylic acid groups (broad SMARTS) is 1. The predicted molar refractivity (Wildman–Crippen MR) is 178 cm³/mol. The molecule has 1 saturated heterocycles. The number of carbonyl (C=O) groups excluding carboxylic acids is 4. The monoisotopic (exact) mass is 705 g/mol. The summed E-state index contributed by atoms with van der Waals surface area (Å²) in [4.78, 5) is 66.5. The number of nitrogens with two attached hydrogens (primary N) is 3. The number of piperidine rings is 1. The Bertz CT molecular complexity index is 1440. The number of aliphatic carboxylic acids is 1. The van der Waals surface area contributed by atoms with Crippen molar-refractivity contribution in [2.75, 3.05) is 19.6 Å². The van der Waals surface area contributed by atoms with Crippen LogP contribution in [0.25, 0.3) is 0 Å². The number of rotatable bonds is 17. The van der Waals surface area contributed by atoms with Crippen LogP contribution in [-0.2, 0) is 36.8 Å². The van der Waals surface area contributed by atoms with Crippen molar-refractivity contribution in [3.8, 4) is 0 Å². The number of halogens is 3. The summed E-state index contributed by atoms with van der Waals surface area (Å²) in [6.45, 7) is 0.185. The van der Waals surface area contributed by atoms with E-state index in [1.54, 1.807) is 60.7 Å². The molecule has 0 saturated carbocycles. The van der Waals surface area contributed by atoms with Gasteiger partial charge in [0, 0.05) is 19.5 Å². The average Bonchev–Trinajstić information content (AvgIpc) is 3.07. The number of benzene rings is 2. The molecule has 0 aromatic heterocycles. The first-order valence-electron chi connectivity index (χ1n) is 16.4. The van der Waals surface area contributed by atoms with E-state index in [4.69, 9.17) is 17.2 Å². The Morgan fingerprint density at radius 2 is 1.28 bits per heavy atom. The lowest BCUT2D eigenvalue weighted by Gasteiger charge is -2.38. The lowest BCUT2D eigenvalue weighted by atomic mass is 9.88. The van der Waals surface area contributed by atoms with Crippen molar-refractivity contribution in [2.45, 2.75) is 87.2 Å². The number of alkyl halides is 3. The Hall–Kier alpha value is -4.54. The molecule has 16 heteroatoms. The number of hydrogen-bond donors (Lipinski definition) is 7. The summed E-state index contributed by atoms with van der Waals surface area (Å²) in [7, 11) is 0. The van der Waals surface area contributed by atoms with E-state index in [1.165, 1.54) is 4.90 Å². The fraction of sp³-hybridized carbons (Fsp3) is 0.500. The molecule has 10 N–H and O–H groups in total. The summed E-state index contributed by atoms with van der Waals surface area (Å²) in [6.07, 6.45) is -5.94. The lowest BCUT2D eigenvalue weighted by Crippen LogP contribution is -2.61. The molecule has 274 valence electrons. The SMILES string of the molecule is NCCCC[C@@H](NC(=O)C(CC(F)(F)F)NC(=O)[C@@H](Cc1ccccc1)NC(=O)[C@H](N)Cc1ccccc1)C(=O)N1CCC(N)(C(=O)O)CC1. The molecule has 1 aliphatic rings. The summed E-state index contributed by atoms with van der Waals surface area (Å²) in [5, 5.41) is 16.5. The molecule has 1 aliphatic heterocycles. The second-order valence-electron chi connectivity index (χ2n) is 12.6. The van der Waals surface area contributed by atoms with Gasteiger partial charge < -0.3 is 43.2 Å². The summed E-state index contributed by atoms with van der Waals surface area (Å²) in [5.41, 5.74) is 17.4. The highest BCUT2D eigenvalue weighted by molar-refractivity contribution is 5.95. The van der Waals surface area contributed by atoms with Gasteiger partial charge in [-0.3, -0.25) is 24.0 Å². The maximum atomic E-state index is 13.8. The molecule has 13 nitrogen and oxygen atoms in total. The predicted octanol–water partition coefficient (Wildman–Crippen LogP) is 0.739. The zero-order valence-corrected chi connectivity index (χ0v) is 27.7. The molecule has 1 unspecified atom stereocenters. The highest BCUT2D eigenvalue weighted by atomic mass is 19.4. The van der Waals surface area contributed by atoms with E-state index in [1.807, 2.05) is 0 Å². The summed E-state index contributed by atoms with van der Waals surface area (Å²) >= 11 is 0. The topological polar surface area (TPSA) is 223 Å². The van der Waals surface area contributed by atoms with E-state index in [-0.39, 0.29) is 51.7 Å². The number of amides is 4. The molecule has 1 fully saturated rings. The molecule has 4 amide bonds. The minimum Gasteiger partial charge on any atom is -0.480 e. The maximum absolute atomic E-state index is 13.8. The third-order valence-electron chi connectivity index (χ3n) is 8.57. The third kappa shape index (κ3) is 12.4. The Morgan fingerprint density at radius 1 is 0.780 bits per heavy atom. The maximum Gasteiger partial charge on any atom is 0.391 e. The molecule has 50 heavy (non-hydrogen) atoms. The largest absolute Gasteiger partial charge is 0.480 e. The van der Waals surface area contributed by atoms with Gasteiger partial charge in [0.2, 0.25) is 23.6 Å². The van der Waals surface area contributed by atoms with Crippen LogP contribution in [0, 0.1) is 0 Å². The van der Waals surface area contributed by atoms with Gasteiger partial charge in [0.1, 0.15) is 23.7 Å². The van der Waals surface area contributed by atoms with Crippen LogP contribution in [0.15, 0.2) is 60.7 Å². The molecule has 2 aromatic rings. The minimum absolute atomic E-state index is 0.0314. The van der Waals surface area contributed by atoms with Crippen molar-refractivity contribution in [1.82, 2.24) is 20.9 Å². The van der Waals surface area contributed by atoms with Gasteiger partial charge in [0.05, 0.1) is 12.5 Å². The molecule has 0 bridgehead atoms. The average molecular weight is 706 g/mol. The van der Waals surface area contributed by atoms with Gasteiger partial charge in [-0.05, 0) is 56.2 Å². The number of nitrogens with zero attached hydrogens (tertiary/aromatic N) is 1. The third-order valence-corrected chi connectivity index (χ3v) is 8.57. The van der Waals surface area contributed by atoms with Crippen molar-refractivity contribution in [2.24, 2.45) is 17.2 Å². The first-order valence-corrected chi connectivity index (χ1v) is 16.4. The number of unbranched alkanes of at least 4 members (excludes halogenated alkanes) is 1. The van der Waals surface area contributed by atoms with E-state index in [0.717, 1.165) is 5.56 Å².